The van der Waals surface area contributed by atoms with Crippen molar-refractivity contribution in [3.05, 3.63) is 59.2 Å². The number of rotatable bonds is 6. The molecule has 0 spiro atoms. The average Bonchev–Trinajstić information content (AvgIpc) is 2.80. The number of nitrogens with one attached hydrogen (secondary N) is 1. The van der Waals surface area contributed by atoms with Crippen molar-refractivity contribution in [2.75, 3.05) is 25.0 Å². The van der Waals surface area contributed by atoms with Crippen LogP contribution in [0.15, 0.2) is 47.4 Å². The van der Waals surface area contributed by atoms with Crippen LogP contribution in [-0.4, -0.2) is 44.3 Å². The van der Waals surface area contributed by atoms with E-state index in [4.69, 9.17) is 4.74 Å². The average molecular weight is 487 g/mol. The van der Waals surface area contributed by atoms with Gasteiger partial charge in [0.25, 0.3) is 5.91 Å². The van der Waals surface area contributed by atoms with Gasteiger partial charge in [-0.1, -0.05) is 45.0 Å². The summed E-state index contributed by atoms with van der Waals surface area (Å²) in [5, 5.41) is 2.76. The standard InChI is InChI=1S/C26H34N2O5S/c1-18-7-6-8-23(19(18)2)27-24(29)17-33-25(30)20-13-15-28(16-14-20)34(31,32)22-11-9-21(10-12-22)26(3,4)5/h6-12,20H,13-17H2,1-5H3,(H,27,29). The minimum atomic E-state index is -3.62. The minimum absolute atomic E-state index is 0.0588. The number of nitrogens with zero attached hydrogens (tertiary/aromatic N) is 1. The Morgan fingerprint density at radius 2 is 1.65 bits per heavy atom. The molecule has 0 saturated carbocycles. The number of carbonyl (C=O) groups is 2. The number of piperidine rings is 1. The van der Waals surface area contributed by atoms with Gasteiger partial charge in [-0.15, -0.1) is 0 Å². The summed E-state index contributed by atoms with van der Waals surface area (Å²) in [5.41, 5.74) is 3.71. The minimum Gasteiger partial charge on any atom is -0.455 e. The van der Waals surface area contributed by atoms with E-state index in [9.17, 15) is 18.0 Å². The highest BCUT2D eigenvalue weighted by molar-refractivity contribution is 7.89. The van der Waals surface area contributed by atoms with Gasteiger partial charge in [0.1, 0.15) is 0 Å². The maximum atomic E-state index is 13.0. The van der Waals surface area contributed by atoms with Gasteiger partial charge in [-0.25, -0.2) is 8.42 Å². The molecule has 2 aromatic rings. The topological polar surface area (TPSA) is 92.8 Å². The first-order valence-corrected chi connectivity index (χ1v) is 13.0. The number of hydrogen-bond acceptors (Lipinski definition) is 5. The zero-order valence-corrected chi connectivity index (χ0v) is 21.4. The third-order valence-corrected chi connectivity index (χ3v) is 8.28. The van der Waals surface area contributed by atoms with Crippen LogP contribution < -0.4 is 5.32 Å². The van der Waals surface area contributed by atoms with Crippen molar-refractivity contribution in [2.45, 2.75) is 57.8 Å². The van der Waals surface area contributed by atoms with Crippen LogP contribution in [0.2, 0.25) is 0 Å². The number of anilines is 1. The van der Waals surface area contributed by atoms with Crippen LogP contribution in [0.1, 0.15) is 50.3 Å². The third-order valence-electron chi connectivity index (χ3n) is 6.37. The Kier molecular flexibility index (Phi) is 7.83. The van der Waals surface area contributed by atoms with E-state index in [1.54, 1.807) is 18.2 Å². The number of sulfonamides is 1. The van der Waals surface area contributed by atoms with E-state index in [0.717, 1.165) is 16.7 Å². The van der Waals surface area contributed by atoms with Gasteiger partial charge in [-0.05, 0) is 67.0 Å². The van der Waals surface area contributed by atoms with E-state index in [1.165, 1.54) is 4.31 Å². The second kappa shape index (κ2) is 10.3. The molecule has 0 radical (unpaired) electrons. The molecule has 7 nitrogen and oxygen atoms in total. The van der Waals surface area contributed by atoms with E-state index >= 15 is 0 Å². The Bertz CT molecular complexity index is 1140. The maximum absolute atomic E-state index is 13.0. The van der Waals surface area contributed by atoms with Gasteiger partial charge in [0.2, 0.25) is 10.0 Å². The number of hydrogen-bond donors (Lipinski definition) is 1. The van der Waals surface area contributed by atoms with E-state index in [0.29, 0.717) is 18.5 Å². The van der Waals surface area contributed by atoms with Crippen LogP contribution in [0, 0.1) is 19.8 Å². The molecule has 8 heteroatoms. The molecule has 1 N–H and O–H groups in total. The molecule has 0 bridgehead atoms. The Hall–Kier alpha value is -2.71. The quantitative estimate of drug-likeness (QED) is 0.618. The number of aryl methyl sites for hydroxylation is 1. The van der Waals surface area contributed by atoms with Crippen molar-refractivity contribution in [1.29, 1.82) is 0 Å². The van der Waals surface area contributed by atoms with Gasteiger partial charge in [-0.3, -0.25) is 9.59 Å². The predicted octanol–water partition coefficient (Wildman–Crippen LogP) is 4.18. The van der Waals surface area contributed by atoms with Crippen LogP contribution in [0.3, 0.4) is 0 Å². The Balaban J connectivity index is 1.51. The van der Waals surface area contributed by atoms with E-state index < -0.39 is 27.8 Å². The highest BCUT2D eigenvalue weighted by atomic mass is 32.2. The van der Waals surface area contributed by atoms with E-state index in [-0.39, 0.29) is 30.0 Å². The zero-order valence-electron chi connectivity index (χ0n) is 20.6. The van der Waals surface area contributed by atoms with E-state index in [2.05, 4.69) is 26.1 Å². The lowest BCUT2D eigenvalue weighted by Crippen LogP contribution is -2.41. The zero-order chi connectivity index (χ0) is 25.1. The monoisotopic (exact) mass is 486 g/mol. The lowest BCUT2D eigenvalue weighted by molar-refractivity contribution is -0.152. The fourth-order valence-corrected chi connectivity index (χ4v) is 5.40. The van der Waals surface area contributed by atoms with Gasteiger partial charge in [0, 0.05) is 18.8 Å². The van der Waals surface area contributed by atoms with Crippen molar-refractivity contribution in [1.82, 2.24) is 4.31 Å². The maximum Gasteiger partial charge on any atom is 0.309 e. The first kappa shape index (κ1) is 25.9. The summed E-state index contributed by atoms with van der Waals surface area (Å²) >= 11 is 0. The SMILES string of the molecule is Cc1cccc(NC(=O)COC(=O)C2CCN(S(=O)(=O)c3ccc(C(C)(C)C)cc3)CC2)c1C. The fraction of sp³-hybridized carbons (Fsp3) is 0.462. The Morgan fingerprint density at radius 3 is 2.24 bits per heavy atom. The first-order chi connectivity index (χ1) is 15.9. The smallest absolute Gasteiger partial charge is 0.309 e. The molecule has 1 amide bonds. The van der Waals surface area contributed by atoms with Crippen LogP contribution in [-0.2, 0) is 29.8 Å². The molecule has 1 aliphatic rings. The second-order valence-corrected chi connectivity index (χ2v) is 11.8. The molecule has 0 atom stereocenters. The second-order valence-electron chi connectivity index (χ2n) is 9.86. The molecule has 2 aromatic carbocycles. The molecule has 0 unspecified atom stereocenters. The van der Waals surface area contributed by atoms with Gasteiger partial charge in [0.05, 0.1) is 10.8 Å². The van der Waals surface area contributed by atoms with E-state index in [1.807, 2.05) is 38.1 Å². The molecule has 34 heavy (non-hydrogen) atoms. The molecule has 1 aliphatic heterocycles. The molecule has 1 fully saturated rings. The number of benzene rings is 2. The number of ether oxygens (including phenoxy) is 1. The Morgan fingerprint density at radius 1 is 1.03 bits per heavy atom. The predicted molar refractivity (Wildman–Crippen MR) is 132 cm³/mol. The highest BCUT2D eigenvalue weighted by Gasteiger charge is 2.33. The van der Waals surface area contributed by atoms with Crippen molar-refractivity contribution in [2.24, 2.45) is 5.92 Å². The van der Waals surface area contributed by atoms with Gasteiger partial charge in [0.15, 0.2) is 6.61 Å². The largest absolute Gasteiger partial charge is 0.455 e. The molecular formula is C26H34N2O5S. The molecule has 3 rings (SSSR count). The van der Waals surface area contributed by atoms with Crippen LogP contribution in [0.4, 0.5) is 5.69 Å². The highest BCUT2D eigenvalue weighted by Crippen LogP contribution is 2.27. The molecule has 184 valence electrons. The first-order valence-electron chi connectivity index (χ1n) is 11.5. The van der Waals surface area contributed by atoms with Crippen LogP contribution in [0.5, 0.6) is 0 Å². The third kappa shape index (κ3) is 6.04. The summed E-state index contributed by atoms with van der Waals surface area (Å²) < 4.78 is 32.7. The summed E-state index contributed by atoms with van der Waals surface area (Å²) in [6, 6.07) is 12.6. The fourth-order valence-electron chi connectivity index (χ4n) is 3.94. The summed E-state index contributed by atoms with van der Waals surface area (Å²) in [5.74, 6) is -1.30. The normalized spacial score (nSPS) is 15.7. The molecular weight excluding hydrogens is 452 g/mol. The van der Waals surface area contributed by atoms with Crippen molar-refractivity contribution < 1.29 is 22.7 Å². The number of amides is 1. The summed E-state index contributed by atoms with van der Waals surface area (Å²) in [6.07, 6.45) is 0.716. The lowest BCUT2D eigenvalue weighted by atomic mass is 9.87. The van der Waals surface area contributed by atoms with Gasteiger partial charge in [-0.2, -0.15) is 4.31 Å². The number of carbonyl (C=O) groups excluding carboxylic acids is 2. The summed E-state index contributed by atoms with van der Waals surface area (Å²) in [7, 11) is -3.62. The Labute approximate surface area is 202 Å². The van der Waals surface area contributed by atoms with Gasteiger partial charge < -0.3 is 10.1 Å². The van der Waals surface area contributed by atoms with Gasteiger partial charge >= 0.3 is 5.97 Å². The molecule has 1 heterocycles. The lowest BCUT2D eigenvalue weighted by Gasteiger charge is -2.30. The molecule has 0 aromatic heterocycles. The number of esters is 1. The van der Waals surface area contributed by atoms with Crippen LogP contribution in [0.25, 0.3) is 0 Å². The van der Waals surface area contributed by atoms with Crippen molar-refractivity contribution in [3.8, 4) is 0 Å². The molecule has 1 saturated heterocycles. The summed E-state index contributed by atoms with van der Waals surface area (Å²) in [6.45, 7) is 10.2. The van der Waals surface area contributed by atoms with Crippen molar-refractivity contribution in [3.63, 3.8) is 0 Å². The van der Waals surface area contributed by atoms with Crippen LogP contribution >= 0.6 is 0 Å². The summed E-state index contributed by atoms with van der Waals surface area (Å²) in [4.78, 5) is 24.9. The van der Waals surface area contributed by atoms with Crippen molar-refractivity contribution >= 4 is 27.6 Å². The molecule has 0 aliphatic carbocycles.